The summed E-state index contributed by atoms with van der Waals surface area (Å²) in [6, 6.07) is 3.48. The summed E-state index contributed by atoms with van der Waals surface area (Å²) >= 11 is 0. The van der Waals surface area contributed by atoms with E-state index in [-0.39, 0.29) is 24.2 Å². The Morgan fingerprint density at radius 3 is 1.96 bits per heavy atom. The van der Waals surface area contributed by atoms with Crippen molar-refractivity contribution in [1.29, 1.82) is 0 Å². The van der Waals surface area contributed by atoms with Crippen molar-refractivity contribution < 1.29 is 38.9 Å². The van der Waals surface area contributed by atoms with Gasteiger partial charge in [0.15, 0.2) is 4.87 Å². The molecular weight excluding hydrogens is 422 g/mol. The third-order valence-corrected chi connectivity index (χ3v) is 8.58. The van der Waals surface area contributed by atoms with Gasteiger partial charge in [0, 0.05) is 17.6 Å². The van der Waals surface area contributed by atoms with Crippen molar-refractivity contribution in [3.05, 3.63) is 23.8 Å². The zero-order chi connectivity index (χ0) is 21.1. The number of fused-ring (bicyclic) bond motifs is 1. The van der Waals surface area contributed by atoms with Crippen LogP contribution in [0.1, 0.15) is 32.8 Å². The predicted molar refractivity (Wildman–Crippen MR) is 97.6 cm³/mol. The Morgan fingerprint density at radius 2 is 1.52 bits per heavy atom. The van der Waals surface area contributed by atoms with Gasteiger partial charge >= 0.3 is 0 Å². The molecule has 0 radical (unpaired) electrons. The van der Waals surface area contributed by atoms with E-state index < -0.39 is 51.3 Å². The van der Waals surface area contributed by atoms with Crippen LogP contribution >= 0.6 is 0 Å². The first-order chi connectivity index (χ1) is 11.9. The summed E-state index contributed by atoms with van der Waals surface area (Å²) in [5.74, 6) is -0.621. The molecule has 1 aliphatic rings. The highest BCUT2D eigenvalue weighted by Crippen LogP contribution is 2.54. The van der Waals surface area contributed by atoms with Gasteiger partial charge in [-0.15, -0.1) is 0 Å². The molecule has 10 nitrogen and oxygen atoms in total. The van der Waals surface area contributed by atoms with Crippen LogP contribution in [0, 0.1) is 0 Å². The number of anilines is 1. The van der Waals surface area contributed by atoms with E-state index >= 15 is 0 Å². The molecule has 13 heteroatoms. The molecule has 0 fully saturated rings. The van der Waals surface area contributed by atoms with Crippen LogP contribution in [0.3, 0.4) is 0 Å². The fourth-order valence-corrected chi connectivity index (χ4v) is 5.65. The van der Waals surface area contributed by atoms with Gasteiger partial charge in [-0.25, -0.2) is 0 Å². The van der Waals surface area contributed by atoms with Gasteiger partial charge in [0.2, 0.25) is 0 Å². The van der Waals surface area contributed by atoms with E-state index in [0.29, 0.717) is 0 Å². The molecule has 0 aromatic heterocycles. The second-order valence-electron chi connectivity index (χ2n) is 7.03. The Labute approximate surface area is 158 Å². The molecule has 27 heavy (non-hydrogen) atoms. The van der Waals surface area contributed by atoms with E-state index in [4.69, 9.17) is 4.55 Å². The highest BCUT2D eigenvalue weighted by molar-refractivity contribution is 7.87. The lowest BCUT2D eigenvalue weighted by molar-refractivity contribution is 0.339. The molecule has 1 unspecified atom stereocenters. The molecule has 3 N–H and O–H groups in total. The fraction of sp³-hybridized carbons (Fsp3) is 0.571. The van der Waals surface area contributed by atoms with E-state index in [9.17, 15) is 34.4 Å². The molecule has 1 heterocycles. The van der Waals surface area contributed by atoms with Gasteiger partial charge in [-0.3, -0.25) is 13.7 Å². The highest BCUT2D eigenvalue weighted by Gasteiger charge is 2.61. The molecule has 154 valence electrons. The molecule has 0 saturated carbocycles. The molecule has 1 atom stereocenters. The predicted octanol–water partition coefficient (Wildman–Crippen LogP) is 0.913. The first-order valence-electron chi connectivity index (χ1n) is 7.75. The number of rotatable bonds is 6. The Hall–Kier alpha value is -1.25. The van der Waals surface area contributed by atoms with E-state index in [1.54, 1.807) is 0 Å². The van der Waals surface area contributed by atoms with Crippen LogP contribution in [0.5, 0.6) is 0 Å². The summed E-state index contributed by atoms with van der Waals surface area (Å²) < 4.78 is 97.5. The molecule has 0 saturated heterocycles. The van der Waals surface area contributed by atoms with Crippen LogP contribution in [0.15, 0.2) is 23.1 Å². The van der Waals surface area contributed by atoms with Crippen molar-refractivity contribution in [1.82, 2.24) is 0 Å². The van der Waals surface area contributed by atoms with Crippen molar-refractivity contribution >= 4 is 36.0 Å². The van der Waals surface area contributed by atoms with Gasteiger partial charge in [-0.05, 0) is 37.1 Å². The molecule has 1 aromatic rings. The van der Waals surface area contributed by atoms with E-state index in [1.165, 1.54) is 31.7 Å². The van der Waals surface area contributed by atoms with Crippen molar-refractivity contribution in [2.24, 2.45) is 0 Å². The monoisotopic (exact) mass is 443 g/mol. The maximum Gasteiger partial charge on any atom is 0.294 e. The summed E-state index contributed by atoms with van der Waals surface area (Å²) in [6.45, 7) is 4.05. The minimum absolute atomic E-state index is 0.139. The van der Waals surface area contributed by atoms with E-state index in [2.05, 4.69) is 0 Å². The molecule has 1 aliphatic heterocycles. The standard InChI is InChI=1S/C14H21NO9S3/c1-13(2)11-9-10(26(19,20)21)5-6-12(11)15(7-4-8-25(16,17)18)14(13,3)27(22,23)24/h5-6,9H,4,7-8H2,1-3H3,(H,16,17,18)(H,19,20,21)(H,22,23,24). The van der Waals surface area contributed by atoms with Gasteiger partial charge in [0.1, 0.15) is 0 Å². The zero-order valence-corrected chi connectivity index (χ0v) is 17.3. The minimum Gasteiger partial charge on any atom is -0.350 e. The Morgan fingerprint density at radius 1 is 0.963 bits per heavy atom. The zero-order valence-electron chi connectivity index (χ0n) is 14.8. The molecular formula is C14H21NO9S3. The van der Waals surface area contributed by atoms with Crippen LogP contribution in [0.4, 0.5) is 5.69 Å². The largest absolute Gasteiger partial charge is 0.350 e. The summed E-state index contributed by atoms with van der Waals surface area (Å²) in [7, 11) is -13.6. The first-order valence-corrected chi connectivity index (χ1v) is 12.2. The van der Waals surface area contributed by atoms with Crippen molar-refractivity contribution in [3.63, 3.8) is 0 Å². The van der Waals surface area contributed by atoms with Gasteiger partial charge in [-0.1, -0.05) is 13.8 Å². The average Bonchev–Trinajstić information content (AvgIpc) is 2.63. The van der Waals surface area contributed by atoms with Crippen LogP contribution < -0.4 is 4.90 Å². The summed E-state index contributed by atoms with van der Waals surface area (Å²) in [5, 5.41) is 0. The molecule has 1 aromatic carbocycles. The van der Waals surface area contributed by atoms with Gasteiger partial charge in [0.05, 0.1) is 10.6 Å². The lowest BCUT2D eigenvalue weighted by atomic mass is 9.80. The van der Waals surface area contributed by atoms with Crippen molar-refractivity contribution in [2.45, 2.75) is 42.4 Å². The van der Waals surface area contributed by atoms with Gasteiger partial charge in [-0.2, -0.15) is 25.3 Å². The maximum absolute atomic E-state index is 12.3. The highest BCUT2D eigenvalue weighted by atomic mass is 32.2. The third-order valence-electron chi connectivity index (χ3n) is 5.19. The fourth-order valence-electron chi connectivity index (χ4n) is 3.43. The van der Waals surface area contributed by atoms with Crippen molar-refractivity contribution in [2.75, 3.05) is 17.2 Å². The maximum atomic E-state index is 12.3. The molecule has 2 rings (SSSR count). The van der Waals surface area contributed by atoms with Crippen LogP contribution in [0.25, 0.3) is 0 Å². The summed E-state index contributed by atoms with van der Waals surface area (Å²) in [6.07, 6.45) is -0.139. The summed E-state index contributed by atoms with van der Waals surface area (Å²) in [4.78, 5) is -1.12. The normalized spacial score (nSPS) is 22.7. The second kappa shape index (κ2) is 6.39. The quantitative estimate of drug-likeness (QED) is 0.538. The molecule has 0 amide bonds. The lowest BCUT2D eigenvalue weighted by Gasteiger charge is -2.42. The second-order valence-corrected chi connectivity index (χ2v) is 11.8. The number of nitrogens with zero attached hydrogens (tertiary/aromatic N) is 1. The van der Waals surface area contributed by atoms with Crippen LogP contribution in [-0.2, 0) is 35.8 Å². The Balaban J connectivity index is 2.67. The van der Waals surface area contributed by atoms with Crippen LogP contribution in [-0.4, -0.2) is 56.1 Å². The SMILES string of the molecule is CC1(C)c2cc(S(=O)(=O)O)ccc2N(CCCS(=O)(=O)O)C1(C)S(=O)(=O)O. The topological polar surface area (TPSA) is 166 Å². The minimum atomic E-state index is -4.74. The molecule has 0 bridgehead atoms. The lowest BCUT2D eigenvalue weighted by Crippen LogP contribution is -2.59. The van der Waals surface area contributed by atoms with Crippen LogP contribution in [0.2, 0.25) is 0 Å². The number of hydrogen-bond acceptors (Lipinski definition) is 7. The summed E-state index contributed by atoms with van der Waals surface area (Å²) in [5.41, 5.74) is -0.818. The Kier molecular flexibility index (Phi) is 5.22. The first kappa shape index (κ1) is 22.0. The Bertz CT molecular complexity index is 1070. The smallest absolute Gasteiger partial charge is 0.294 e. The number of hydrogen-bond donors (Lipinski definition) is 3. The van der Waals surface area contributed by atoms with E-state index in [1.807, 2.05) is 0 Å². The average molecular weight is 444 g/mol. The van der Waals surface area contributed by atoms with Gasteiger partial charge in [0.25, 0.3) is 30.4 Å². The van der Waals surface area contributed by atoms with Crippen molar-refractivity contribution in [3.8, 4) is 0 Å². The number of benzene rings is 1. The molecule has 0 aliphatic carbocycles. The van der Waals surface area contributed by atoms with Gasteiger partial charge < -0.3 is 4.90 Å². The van der Waals surface area contributed by atoms with E-state index in [0.717, 1.165) is 12.1 Å². The third kappa shape index (κ3) is 3.71. The molecule has 0 spiro atoms.